The summed E-state index contributed by atoms with van der Waals surface area (Å²) >= 11 is 1.61. The number of nitrogens with zero attached hydrogens (tertiary/aromatic N) is 4. The van der Waals surface area contributed by atoms with E-state index in [1.165, 1.54) is 0 Å². The number of hydrogen-bond donors (Lipinski definition) is 1. The maximum Gasteiger partial charge on any atom is 0.149 e. The fourth-order valence-electron chi connectivity index (χ4n) is 3.70. The molecule has 6 nitrogen and oxygen atoms in total. The van der Waals surface area contributed by atoms with Crippen LogP contribution in [0.5, 0.6) is 5.75 Å². The van der Waals surface area contributed by atoms with Crippen molar-refractivity contribution >= 4 is 34.0 Å². The number of aromatic nitrogens is 3. The second kappa shape index (κ2) is 7.79. The summed E-state index contributed by atoms with van der Waals surface area (Å²) < 4.78 is 7.36. The van der Waals surface area contributed by atoms with E-state index in [9.17, 15) is 10.5 Å². The molecule has 0 aliphatic rings. The summed E-state index contributed by atoms with van der Waals surface area (Å²) in [5.74, 6) is 1.24. The lowest BCUT2D eigenvalue weighted by Crippen LogP contribution is -1.99. The van der Waals surface area contributed by atoms with E-state index in [-0.39, 0.29) is 0 Å². The maximum atomic E-state index is 9.82. The lowest BCUT2D eigenvalue weighted by atomic mass is 10.1. The number of hydrogen-bond acceptors (Lipinski definition) is 5. The van der Waals surface area contributed by atoms with Crippen molar-refractivity contribution in [1.29, 1.82) is 10.5 Å². The predicted octanol–water partition coefficient (Wildman–Crippen LogP) is 5.59. The number of nitrogens with one attached hydrogen (secondary N) is 1. The highest BCUT2D eigenvalue weighted by molar-refractivity contribution is 7.14. The highest BCUT2D eigenvalue weighted by Gasteiger charge is 2.19. The van der Waals surface area contributed by atoms with Gasteiger partial charge >= 0.3 is 0 Å². The number of aromatic amines is 1. The Labute approximate surface area is 184 Å². The van der Waals surface area contributed by atoms with Gasteiger partial charge in [0.05, 0.1) is 29.3 Å². The van der Waals surface area contributed by atoms with Gasteiger partial charge in [-0.15, -0.1) is 11.3 Å². The first-order valence-corrected chi connectivity index (χ1v) is 10.5. The molecule has 0 unspecified atom stereocenters. The van der Waals surface area contributed by atoms with Gasteiger partial charge in [-0.2, -0.15) is 10.5 Å². The van der Waals surface area contributed by atoms with Crippen molar-refractivity contribution in [2.24, 2.45) is 0 Å². The van der Waals surface area contributed by atoms with Crippen LogP contribution in [0.3, 0.4) is 0 Å². The molecule has 0 atom stereocenters. The molecule has 4 aromatic rings. The Kier molecular flexibility index (Phi) is 5.14. The first-order chi connectivity index (χ1) is 14.9. The lowest BCUT2D eigenvalue weighted by Gasteiger charge is -2.07. The van der Waals surface area contributed by atoms with Gasteiger partial charge in [-0.3, -0.25) is 0 Å². The number of benzene rings is 1. The second-order valence-electron chi connectivity index (χ2n) is 7.38. The first-order valence-electron chi connectivity index (χ1n) is 9.73. The first kappa shape index (κ1) is 20.5. The fraction of sp³-hybridized carbons (Fsp3) is 0.208. The molecule has 1 N–H and O–H groups in total. The third-order valence-corrected chi connectivity index (χ3v) is 6.71. The molecule has 0 amide bonds. The van der Waals surface area contributed by atoms with Gasteiger partial charge in [-0.05, 0) is 63.1 Å². The largest absolute Gasteiger partial charge is 0.497 e. The van der Waals surface area contributed by atoms with Crippen LogP contribution in [-0.4, -0.2) is 21.6 Å². The van der Waals surface area contributed by atoms with E-state index in [1.807, 2.05) is 58.0 Å². The van der Waals surface area contributed by atoms with E-state index in [2.05, 4.69) is 26.7 Å². The average Bonchev–Trinajstić information content (AvgIpc) is 3.39. The summed E-state index contributed by atoms with van der Waals surface area (Å²) in [5, 5.41) is 20.4. The van der Waals surface area contributed by atoms with Crippen LogP contribution in [0, 0.1) is 50.4 Å². The minimum Gasteiger partial charge on any atom is -0.497 e. The van der Waals surface area contributed by atoms with Crippen LogP contribution in [-0.2, 0) is 0 Å². The molecule has 0 saturated heterocycles. The van der Waals surface area contributed by atoms with Crippen molar-refractivity contribution in [3.63, 3.8) is 0 Å². The number of aryl methyl sites for hydroxylation is 2. The van der Waals surface area contributed by atoms with E-state index in [1.54, 1.807) is 18.4 Å². The zero-order chi connectivity index (χ0) is 22.3. The minimum atomic E-state index is 0.439. The molecule has 0 bridgehead atoms. The average molecular weight is 428 g/mol. The molecule has 3 heterocycles. The standard InChI is InChI=1S/C24H21N5OS/c1-13-8-17(15(3)29(13)24-20(12-26)14(2)16(4)31-24)9-18(11-25)23-27-21-7-6-19(30-5)10-22(21)28-23/h6-10H,1-5H3,(H,27,28)/b18-9+. The van der Waals surface area contributed by atoms with Crippen molar-refractivity contribution in [1.82, 2.24) is 14.5 Å². The fourth-order valence-corrected chi connectivity index (χ4v) is 4.91. The van der Waals surface area contributed by atoms with Gasteiger partial charge in [0, 0.05) is 22.3 Å². The van der Waals surface area contributed by atoms with E-state index in [4.69, 9.17) is 4.74 Å². The number of thiophene rings is 1. The van der Waals surface area contributed by atoms with Gasteiger partial charge in [0.1, 0.15) is 28.7 Å². The summed E-state index contributed by atoms with van der Waals surface area (Å²) in [5.41, 5.74) is 6.63. The van der Waals surface area contributed by atoms with Crippen LogP contribution < -0.4 is 4.74 Å². The zero-order valence-corrected chi connectivity index (χ0v) is 18.8. The normalized spacial score (nSPS) is 11.5. The Balaban J connectivity index is 1.82. The summed E-state index contributed by atoms with van der Waals surface area (Å²) in [4.78, 5) is 8.91. The van der Waals surface area contributed by atoms with Crippen LogP contribution in [0.1, 0.15) is 38.8 Å². The zero-order valence-electron chi connectivity index (χ0n) is 18.0. The van der Waals surface area contributed by atoms with Gasteiger partial charge < -0.3 is 14.3 Å². The molecule has 0 aliphatic heterocycles. The molecule has 0 saturated carbocycles. The molecular formula is C24H21N5OS. The van der Waals surface area contributed by atoms with Crippen molar-refractivity contribution in [2.75, 3.05) is 7.11 Å². The van der Waals surface area contributed by atoms with Crippen LogP contribution in [0.25, 0.3) is 27.7 Å². The third-order valence-electron chi connectivity index (χ3n) is 5.52. The van der Waals surface area contributed by atoms with Crippen molar-refractivity contribution < 1.29 is 4.74 Å². The molecule has 154 valence electrons. The van der Waals surface area contributed by atoms with Gasteiger partial charge in [-0.1, -0.05) is 0 Å². The SMILES string of the molecule is COc1ccc2nc(/C(C#N)=C/c3cc(C)n(-c4sc(C)c(C)c4C#N)c3C)[nH]c2c1. The lowest BCUT2D eigenvalue weighted by molar-refractivity contribution is 0.415. The summed E-state index contributed by atoms with van der Waals surface area (Å²) in [6.07, 6.45) is 1.84. The topological polar surface area (TPSA) is 90.4 Å². The number of allylic oxidation sites excluding steroid dienone is 1. The van der Waals surface area contributed by atoms with E-state index < -0.39 is 0 Å². The van der Waals surface area contributed by atoms with E-state index >= 15 is 0 Å². The smallest absolute Gasteiger partial charge is 0.149 e. The molecular weight excluding hydrogens is 406 g/mol. The number of rotatable bonds is 4. The number of nitriles is 2. The molecule has 0 aliphatic carbocycles. The molecule has 7 heteroatoms. The second-order valence-corrected chi connectivity index (χ2v) is 8.58. The van der Waals surface area contributed by atoms with Crippen molar-refractivity contribution in [3.8, 4) is 22.9 Å². The van der Waals surface area contributed by atoms with Crippen LogP contribution >= 0.6 is 11.3 Å². The van der Waals surface area contributed by atoms with Crippen LogP contribution in [0.2, 0.25) is 0 Å². The van der Waals surface area contributed by atoms with Crippen molar-refractivity contribution in [2.45, 2.75) is 27.7 Å². The molecule has 1 aromatic carbocycles. The predicted molar refractivity (Wildman–Crippen MR) is 123 cm³/mol. The Morgan fingerprint density at radius 3 is 2.65 bits per heavy atom. The summed E-state index contributed by atoms with van der Waals surface area (Å²) in [6.45, 7) is 8.02. The molecule has 0 fully saturated rings. The number of fused-ring (bicyclic) bond motifs is 1. The van der Waals surface area contributed by atoms with E-state index in [0.717, 1.165) is 49.2 Å². The highest BCUT2D eigenvalue weighted by Crippen LogP contribution is 2.34. The Morgan fingerprint density at radius 1 is 1.19 bits per heavy atom. The number of methoxy groups -OCH3 is 1. The number of H-pyrrole nitrogens is 1. The third kappa shape index (κ3) is 3.39. The van der Waals surface area contributed by atoms with Gasteiger partial charge in [-0.25, -0.2) is 4.98 Å². The molecule has 4 rings (SSSR count). The summed E-state index contributed by atoms with van der Waals surface area (Å²) in [7, 11) is 1.61. The van der Waals surface area contributed by atoms with Gasteiger partial charge in [0.2, 0.25) is 0 Å². The number of imidazole rings is 1. The minimum absolute atomic E-state index is 0.439. The molecule has 0 spiro atoms. The Hall–Kier alpha value is -3.81. The van der Waals surface area contributed by atoms with Crippen molar-refractivity contribution in [3.05, 3.63) is 63.0 Å². The van der Waals surface area contributed by atoms with Gasteiger partial charge in [0.15, 0.2) is 0 Å². The Morgan fingerprint density at radius 2 is 1.97 bits per heavy atom. The summed E-state index contributed by atoms with van der Waals surface area (Å²) in [6, 6.07) is 12.2. The van der Waals surface area contributed by atoms with E-state index in [0.29, 0.717) is 17.0 Å². The molecule has 3 aromatic heterocycles. The number of ether oxygens (including phenoxy) is 1. The molecule has 31 heavy (non-hydrogen) atoms. The Bertz CT molecular complexity index is 1440. The molecule has 0 radical (unpaired) electrons. The quantitative estimate of drug-likeness (QED) is 0.430. The van der Waals surface area contributed by atoms with Gasteiger partial charge in [0.25, 0.3) is 0 Å². The van der Waals surface area contributed by atoms with Crippen LogP contribution in [0.15, 0.2) is 24.3 Å². The van der Waals surface area contributed by atoms with Crippen LogP contribution in [0.4, 0.5) is 0 Å². The highest BCUT2D eigenvalue weighted by atomic mass is 32.1. The maximum absolute atomic E-state index is 9.82. The monoisotopic (exact) mass is 427 g/mol.